The molecule has 1 heterocycles. The Morgan fingerprint density at radius 3 is 2.39 bits per heavy atom. The highest BCUT2D eigenvalue weighted by Crippen LogP contribution is 2.22. The van der Waals surface area contributed by atoms with Crippen molar-refractivity contribution in [3.63, 3.8) is 0 Å². The number of carboxylic acid groups (broad SMARTS) is 1. The minimum absolute atomic E-state index is 0.0402. The smallest absolute Gasteiger partial charge is 0.309 e. The van der Waals surface area contributed by atoms with E-state index in [1.54, 1.807) is 4.90 Å². The van der Waals surface area contributed by atoms with E-state index in [9.17, 15) is 9.59 Å². The molecular formula is C16H20N4O3. The molecule has 23 heavy (non-hydrogen) atoms. The SMILES string of the molecule is CCN(CC)C(=O)Cn1nnc(CC(=O)O)c1-c1ccccc1. The lowest BCUT2D eigenvalue weighted by atomic mass is 10.1. The minimum Gasteiger partial charge on any atom is -0.481 e. The van der Waals surface area contributed by atoms with E-state index in [0.717, 1.165) is 5.56 Å². The van der Waals surface area contributed by atoms with Gasteiger partial charge in [0.15, 0.2) is 0 Å². The van der Waals surface area contributed by atoms with Gasteiger partial charge in [-0.15, -0.1) is 5.10 Å². The first kappa shape index (κ1) is 16.7. The number of aliphatic carboxylic acids is 1. The number of carboxylic acids is 1. The van der Waals surface area contributed by atoms with E-state index in [-0.39, 0.29) is 18.9 Å². The van der Waals surface area contributed by atoms with Gasteiger partial charge >= 0.3 is 5.97 Å². The van der Waals surface area contributed by atoms with Crippen molar-refractivity contribution in [2.75, 3.05) is 13.1 Å². The van der Waals surface area contributed by atoms with Gasteiger partial charge in [0.05, 0.1) is 12.1 Å². The predicted octanol–water partition coefficient (Wildman–Crippen LogP) is 1.44. The van der Waals surface area contributed by atoms with E-state index in [0.29, 0.717) is 24.5 Å². The van der Waals surface area contributed by atoms with Crippen LogP contribution in [0.2, 0.25) is 0 Å². The van der Waals surface area contributed by atoms with E-state index >= 15 is 0 Å². The van der Waals surface area contributed by atoms with Crippen molar-refractivity contribution in [2.45, 2.75) is 26.8 Å². The molecule has 0 fully saturated rings. The van der Waals surface area contributed by atoms with E-state index in [1.165, 1.54) is 4.68 Å². The van der Waals surface area contributed by atoms with Crippen LogP contribution in [0.1, 0.15) is 19.5 Å². The predicted molar refractivity (Wildman–Crippen MR) is 84.7 cm³/mol. The fraction of sp³-hybridized carbons (Fsp3) is 0.375. The average molecular weight is 316 g/mol. The first-order valence-electron chi connectivity index (χ1n) is 7.54. The van der Waals surface area contributed by atoms with Gasteiger partial charge in [0, 0.05) is 18.7 Å². The maximum absolute atomic E-state index is 12.3. The summed E-state index contributed by atoms with van der Waals surface area (Å²) < 4.78 is 1.48. The summed E-state index contributed by atoms with van der Waals surface area (Å²) >= 11 is 0. The summed E-state index contributed by atoms with van der Waals surface area (Å²) in [6.07, 6.45) is -0.232. The van der Waals surface area contributed by atoms with Crippen molar-refractivity contribution in [1.29, 1.82) is 0 Å². The lowest BCUT2D eigenvalue weighted by Crippen LogP contribution is -2.33. The first-order chi connectivity index (χ1) is 11.1. The monoisotopic (exact) mass is 316 g/mol. The Bertz CT molecular complexity index is 678. The van der Waals surface area contributed by atoms with Gasteiger partial charge in [0.25, 0.3) is 0 Å². The highest BCUT2D eigenvalue weighted by Gasteiger charge is 2.20. The van der Waals surface area contributed by atoms with E-state index < -0.39 is 5.97 Å². The Balaban J connectivity index is 2.38. The topological polar surface area (TPSA) is 88.3 Å². The third-order valence-electron chi connectivity index (χ3n) is 3.57. The molecule has 7 heteroatoms. The third kappa shape index (κ3) is 3.94. The van der Waals surface area contributed by atoms with Gasteiger partial charge in [-0.25, -0.2) is 4.68 Å². The molecule has 122 valence electrons. The van der Waals surface area contributed by atoms with Gasteiger partial charge in [-0.1, -0.05) is 35.5 Å². The third-order valence-corrected chi connectivity index (χ3v) is 3.57. The second-order valence-corrected chi connectivity index (χ2v) is 5.04. The molecule has 0 aliphatic carbocycles. The van der Waals surface area contributed by atoms with Crippen LogP contribution in [-0.4, -0.2) is 50.0 Å². The van der Waals surface area contributed by atoms with Gasteiger partial charge in [0.1, 0.15) is 12.2 Å². The summed E-state index contributed by atoms with van der Waals surface area (Å²) in [4.78, 5) is 25.0. The zero-order chi connectivity index (χ0) is 16.8. The van der Waals surface area contributed by atoms with Crippen LogP contribution >= 0.6 is 0 Å². The second-order valence-electron chi connectivity index (χ2n) is 5.04. The van der Waals surface area contributed by atoms with Crippen LogP contribution in [0.15, 0.2) is 30.3 Å². The summed E-state index contributed by atoms with van der Waals surface area (Å²) in [6, 6.07) is 9.27. The largest absolute Gasteiger partial charge is 0.481 e. The van der Waals surface area contributed by atoms with Crippen LogP contribution in [0, 0.1) is 0 Å². The van der Waals surface area contributed by atoms with Gasteiger partial charge in [-0.3, -0.25) is 9.59 Å². The number of nitrogens with zero attached hydrogens (tertiary/aromatic N) is 4. The summed E-state index contributed by atoms with van der Waals surface area (Å²) in [5.74, 6) is -1.05. The van der Waals surface area contributed by atoms with E-state index in [1.807, 2.05) is 44.2 Å². The van der Waals surface area contributed by atoms with Gasteiger partial charge in [-0.2, -0.15) is 0 Å². The lowest BCUT2D eigenvalue weighted by Gasteiger charge is -2.19. The summed E-state index contributed by atoms with van der Waals surface area (Å²) in [5.41, 5.74) is 1.73. The zero-order valence-electron chi connectivity index (χ0n) is 13.3. The first-order valence-corrected chi connectivity index (χ1v) is 7.54. The molecule has 0 aliphatic rings. The Hall–Kier alpha value is -2.70. The molecule has 1 aromatic heterocycles. The Labute approximate surface area is 134 Å². The quantitative estimate of drug-likeness (QED) is 0.835. The fourth-order valence-electron chi connectivity index (χ4n) is 2.44. The molecule has 2 rings (SSSR count). The molecule has 0 saturated heterocycles. The molecule has 2 aromatic rings. The van der Waals surface area contributed by atoms with Crippen molar-refractivity contribution in [3.05, 3.63) is 36.0 Å². The molecule has 1 amide bonds. The highest BCUT2D eigenvalue weighted by molar-refractivity contribution is 5.78. The lowest BCUT2D eigenvalue weighted by molar-refractivity contribution is -0.136. The Kier molecular flexibility index (Phi) is 5.46. The molecule has 0 bridgehead atoms. The summed E-state index contributed by atoms with van der Waals surface area (Å²) in [5, 5.41) is 17.0. The summed E-state index contributed by atoms with van der Waals surface area (Å²) in [7, 11) is 0. The van der Waals surface area contributed by atoms with Crippen LogP contribution < -0.4 is 0 Å². The van der Waals surface area contributed by atoms with E-state index in [4.69, 9.17) is 5.11 Å². The molecule has 0 unspecified atom stereocenters. The van der Waals surface area contributed by atoms with Gasteiger partial charge in [-0.05, 0) is 13.8 Å². The molecule has 0 saturated carbocycles. The zero-order valence-corrected chi connectivity index (χ0v) is 13.3. The Morgan fingerprint density at radius 1 is 1.17 bits per heavy atom. The number of hydrogen-bond donors (Lipinski definition) is 1. The number of hydrogen-bond acceptors (Lipinski definition) is 4. The number of benzene rings is 1. The second kappa shape index (κ2) is 7.53. The summed E-state index contributed by atoms with van der Waals surface area (Å²) in [6.45, 7) is 5.10. The minimum atomic E-state index is -0.982. The van der Waals surface area contributed by atoms with Crippen LogP contribution in [0.3, 0.4) is 0 Å². The standard InChI is InChI=1S/C16H20N4O3/c1-3-19(4-2)14(21)11-20-16(12-8-6-5-7-9-12)13(17-18-20)10-15(22)23/h5-9H,3-4,10-11H2,1-2H3,(H,22,23). The molecule has 0 atom stereocenters. The Morgan fingerprint density at radius 2 is 1.83 bits per heavy atom. The normalized spacial score (nSPS) is 10.5. The van der Waals surface area contributed by atoms with Crippen LogP contribution in [0.4, 0.5) is 0 Å². The molecule has 1 aromatic carbocycles. The highest BCUT2D eigenvalue weighted by atomic mass is 16.4. The van der Waals surface area contributed by atoms with Crippen LogP contribution in [0.25, 0.3) is 11.3 Å². The van der Waals surface area contributed by atoms with Gasteiger partial charge < -0.3 is 10.0 Å². The molecule has 1 N–H and O–H groups in total. The molecule has 0 aliphatic heterocycles. The molecule has 7 nitrogen and oxygen atoms in total. The van der Waals surface area contributed by atoms with Crippen molar-refractivity contribution in [3.8, 4) is 11.3 Å². The fourth-order valence-corrected chi connectivity index (χ4v) is 2.44. The van der Waals surface area contributed by atoms with Crippen molar-refractivity contribution >= 4 is 11.9 Å². The van der Waals surface area contributed by atoms with Crippen LogP contribution in [-0.2, 0) is 22.6 Å². The number of carbonyl (C=O) groups excluding carboxylic acids is 1. The molecular weight excluding hydrogens is 296 g/mol. The van der Waals surface area contributed by atoms with E-state index in [2.05, 4.69) is 10.3 Å². The van der Waals surface area contributed by atoms with Crippen molar-refractivity contribution < 1.29 is 14.7 Å². The van der Waals surface area contributed by atoms with Crippen LogP contribution in [0.5, 0.6) is 0 Å². The maximum atomic E-state index is 12.3. The number of likely N-dealkylation sites (N-methyl/N-ethyl adjacent to an activating group) is 1. The van der Waals surface area contributed by atoms with Crippen molar-refractivity contribution in [1.82, 2.24) is 19.9 Å². The number of carbonyl (C=O) groups is 2. The molecule has 0 spiro atoms. The maximum Gasteiger partial charge on any atom is 0.309 e. The average Bonchev–Trinajstić information content (AvgIpc) is 2.91. The molecule has 0 radical (unpaired) electrons. The van der Waals surface area contributed by atoms with Crippen molar-refractivity contribution in [2.24, 2.45) is 0 Å². The number of amides is 1. The number of aromatic nitrogens is 3. The number of rotatable bonds is 7. The van der Waals surface area contributed by atoms with Gasteiger partial charge in [0.2, 0.25) is 5.91 Å².